The molecular weight excluding hydrogens is 420 g/mol. The summed E-state index contributed by atoms with van der Waals surface area (Å²) in [5, 5.41) is 10.6. The van der Waals surface area contributed by atoms with E-state index in [0.29, 0.717) is 18.9 Å². The van der Waals surface area contributed by atoms with E-state index in [2.05, 4.69) is 5.43 Å². The molecule has 1 saturated carbocycles. The largest absolute Gasteiger partial charge is 0.320 e. The summed E-state index contributed by atoms with van der Waals surface area (Å²) in [7, 11) is 0. The smallest absolute Gasteiger partial charge is 0.257 e. The zero-order valence-corrected chi connectivity index (χ0v) is 19.9. The van der Waals surface area contributed by atoms with Crippen LogP contribution >= 0.6 is 0 Å². The van der Waals surface area contributed by atoms with Gasteiger partial charge >= 0.3 is 0 Å². The molecule has 8 heteroatoms. The van der Waals surface area contributed by atoms with Crippen molar-refractivity contribution >= 4 is 23.8 Å². The molecule has 0 aliphatic heterocycles. The molecule has 1 aliphatic rings. The third-order valence-corrected chi connectivity index (χ3v) is 6.03. The fraction of sp³-hybridized carbons (Fsp3) is 0.560. The van der Waals surface area contributed by atoms with E-state index in [1.807, 2.05) is 56.3 Å². The lowest BCUT2D eigenvalue weighted by Crippen LogP contribution is -2.55. The second-order valence-corrected chi connectivity index (χ2v) is 9.38. The van der Waals surface area contributed by atoms with Gasteiger partial charge in [-0.2, -0.15) is 0 Å². The van der Waals surface area contributed by atoms with Crippen molar-refractivity contribution < 1.29 is 19.6 Å². The standard InChI is InChI=1S/C25H38N4O4/c1-17(2)16-29(25(32)18(3)26)27-23(30)22(15-20-12-7-13-20)21(24(31)28-33)14-8-11-19-9-5-4-6-10-19/h4-6,8-11,17-18,20-22,33H,7,12-16,26H2,1-3H3,(H,27,30)(H,28,31)/b11-8+/t18-,21+,22-/m1/s1. The first-order chi connectivity index (χ1) is 15.7. The SMILES string of the molecule is CC(C)CN(NC(=O)[C@H](CC1CCC1)[C@H](C/C=C/c1ccccc1)C(=O)NO)C(=O)[C@@H](C)N. The minimum Gasteiger partial charge on any atom is -0.320 e. The lowest BCUT2D eigenvalue weighted by molar-refractivity contribution is -0.148. The molecule has 0 unspecified atom stereocenters. The molecular formula is C25H38N4O4. The molecule has 3 atom stereocenters. The number of amides is 3. The second kappa shape index (κ2) is 13.1. The van der Waals surface area contributed by atoms with Crippen LogP contribution < -0.4 is 16.6 Å². The van der Waals surface area contributed by atoms with Gasteiger partial charge in [0.25, 0.3) is 5.91 Å². The van der Waals surface area contributed by atoms with E-state index in [4.69, 9.17) is 5.73 Å². The summed E-state index contributed by atoms with van der Waals surface area (Å²) in [6.07, 6.45) is 7.64. The van der Waals surface area contributed by atoms with Gasteiger partial charge in [-0.1, -0.05) is 75.6 Å². The number of rotatable bonds is 11. The molecule has 8 nitrogen and oxygen atoms in total. The zero-order valence-electron chi connectivity index (χ0n) is 19.9. The quantitative estimate of drug-likeness (QED) is 0.300. The summed E-state index contributed by atoms with van der Waals surface area (Å²) in [5.41, 5.74) is 11.2. The summed E-state index contributed by atoms with van der Waals surface area (Å²) >= 11 is 0. The molecule has 0 bridgehead atoms. The van der Waals surface area contributed by atoms with Crippen LogP contribution in [0.2, 0.25) is 0 Å². The maximum Gasteiger partial charge on any atom is 0.257 e. The fourth-order valence-electron chi connectivity index (χ4n) is 4.01. The summed E-state index contributed by atoms with van der Waals surface area (Å²) < 4.78 is 0. The van der Waals surface area contributed by atoms with Gasteiger partial charge in [-0.05, 0) is 37.2 Å². The molecule has 33 heavy (non-hydrogen) atoms. The lowest BCUT2D eigenvalue weighted by Gasteiger charge is -2.34. The fourth-order valence-corrected chi connectivity index (χ4v) is 4.01. The Hall–Kier alpha value is -2.71. The van der Waals surface area contributed by atoms with Crippen LogP contribution in [0.3, 0.4) is 0 Å². The minimum absolute atomic E-state index is 0.114. The molecule has 5 N–H and O–H groups in total. The highest BCUT2D eigenvalue weighted by molar-refractivity contribution is 5.89. The molecule has 2 rings (SSSR count). The van der Waals surface area contributed by atoms with Gasteiger partial charge in [0.05, 0.1) is 17.9 Å². The third-order valence-electron chi connectivity index (χ3n) is 6.03. The molecule has 0 spiro atoms. The van der Waals surface area contributed by atoms with Crippen LogP contribution in [-0.4, -0.2) is 40.5 Å². The van der Waals surface area contributed by atoms with E-state index in [1.165, 1.54) is 5.01 Å². The van der Waals surface area contributed by atoms with Crippen molar-refractivity contribution in [2.45, 2.75) is 58.9 Å². The Morgan fingerprint density at radius 1 is 1.12 bits per heavy atom. The van der Waals surface area contributed by atoms with Gasteiger partial charge in [0.2, 0.25) is 11.8 Å². The van der Waals surface area contributed by atoms with E-state index in [0.717, 1.165) is 24.8 Å². The second-order valence-electron chi connectivity index (χ2n) is 9.38. The predicted octanol–water partition coefficient (Wildman–Crippen LogP) is 2.88. The first kappa shape index (κ1) is 26.5. The van der Waals surface area contributed by atoms with E-state index in [1.54, 1.807) is 12.4 Å². The van der Waals surface area contributed by atoms with Crippen molar-refractivity contribution in [2.24, 2.45) is 29.4 Å². The average molecular weight is 459 g/mol. The Morgan fingerprint density at radius 2 is 1.79 bits per heavy atom. The summed E-state index contributed by atoms with van der Waals surface area (Å²) in [6, 6.07) is 8.88. The monoisotopic (exact) mass is 458 g/mol. The topological polar surface area (TPSA) is 125 Å². The zero-order chi connectivity index (χ0) is 24.4. The lowest BCUT2D eigenvalue weighted by atomic mass is 9.74. The number of hydroxylamine groups is 1. The highest BCUT2D eigenvalue weighted by atomic mass is 16.5. The number of carbonyl (C=O) groups is 3. The summed E-state index contributed by atoms with van der Waals surface area (Å²) in [6.45, 7) is 5.77. The van der Waals surface area contributed by atoms with Crippen molar-refractivity contribution in [2.75, 3.05) is 6.54 Å². The number of carbonyl (C=O) groups excluding carboxylic acids is 3. The molecule has 0 heterocycles. The Balaban J connectivity index is 2.24. The Kier molecular flexibility index (Phi) is 10.5. The van der Waals surface area contributed by atoms with E-state index < -0.39 is 29.7 Å². The Morgan fingerprint density at radius 3 is 2.30 bits per heavy atom. The number of hydrazine groups is 1. The van der Waals surface area contributed by atoms with E-state index in [9.17, 15) is 19.6 Å². The van der Waals surface area contributed by atoms with Gasteiger partial charge < -0.3 is 5.73 Å². The van der Waals surface area contributed by atoms with Crippen LogP contribution in [-0.2, 0) is 14.4 Å². The van der Waals surface area contributed by atoms with Crippen molar-refractivity contribution in [3.8, 4) is 0 Å². The molecule has 182 valence electrons. The number of benzene rings is 1. The number of hydrogen-bond acceptors (Lipinski definition) is 5. The van der Waals surface area contributed by atoms with Crippen molar-refractivity contribution in [1.82, 2.24) is 15.9 Å². The van der Waals surface area contributed by atoms with Crippen LogP contribution in [0.15, 0.2) is 36.4 Å². The first-order valence-electron chi connectivity index (χ1n) is 11.8. The van der Waals surface area contributed by atoms with Crippen LogP contribution in [0, 0.1) is 23.7 Å². The van der Waals surface area contributed by atoms with Gasteiger partial charge in [0.15, 0.2) is 0 Å². The number of allylic oxidation sites excluding steroid dienone is 1. The Bertz CT molecular complexity index is 806. The molecule has 1 aliphatic carbocycles. The molecule has 3 amide bonds. The minimum atomic E-state index is -0.776. The molecule has 1 aromatic carbocycles. The van der Waals surface area contributed by atoms with Gasteiger partial charge in [0, 0.05) is 6.54 Å². The Labute approximate surface area is 196 Å². The molecule has 1 fully saturated rings. The van der Waals surface area contributed by atoms with Crippen molar-refractivity contribution in [3.05, 3.63) is 42.0 Å². The van der Waals surface area contributed by atoms with Gasteiger partial charge in [0.1, 0.15) is 0 Å². The van der Waals surface area contributed by atoms with Crippen molar-refractivity contribution in [3.63, 3.8) is 0 Å². The molecule has 0 saturated heterocycles. The van der Waals surface area contributed by atoms with Crippen LogP contribution in [0.1, 0.15) is 58.4 Å². The average Bonchev–Trinajstić information content (AvgIpc) is 2.75. The van der Waals surface area contributed by atoms with Gasteiger partial charge in [-0.15, -0.1) is 0 Å². The maximum atomic E-state index is 13.4. The van der Waals surface area contributed by atoms with Crippen LogP contribution in [0.4, 0.5) is 0 Å². The highest BCUT2D eigenvalue weighted by Gasteiger charge is 2.37. The highest BCUT2D eigenvalue weighted by Crippen LogP contribution is 2.36. The summed E-state index contributed by atoms with van der Waals surface area (Å²) in [5.74, 6) is -2.41. The number of nitrogens with zero attached hydrogens (tertiary/aromatic N) is 1. The third kappa shape index (κ3) is 8.29. The number of nitrogens with two attached hydrogens (primary N) is 1. The maximum absolute atomic E-state index is 13.4. The van der Waals surface area contributed by atoms with Gasteiger partial charge in [-0.25, -0.2) is 5.48 Å². The van der Waals surface area contributed by atoms with Crippen molar-refractivity contribution in [1.29, 1.82) is 0 Å². The number of hydrogen-bond donors (Lipinski definition) is 4. The molecule has 0 radical (unpaired) electrons. The first-order valence-corrected chi connectivity index (χ1v) is 11.8. The normalized spacial score (nSPS) is 16.7. The van der Waals surface area contributed by atoms with Crippen LogP contribution in [0.5, 0.6) is 0 Å². The summed E-state index contributed by atoms with van der Waals surface area (Å²) in [4.78, 5) is 38.6. The molecule has 0 aromatic heterocycles. The van der Waals surface area contributed by atoms with E-state index >= 15 is 0 Å². The molecule has 1 aromatic rings. The van der Waals surface area contributed by atoms with Crippen LogP contribution in [0.25, 0.3) is 6.08 Å². The van der Waals surface area contributed by atoms with E-state index in [-0.39, 0.29) is 18.2 Å². The predicted molar refractivity (Wildman–Crippen MR) is 127 cm³/mol. The van der Waals surface area contributed by atoms with Gasteiger partial charge in [-0.3, -0.25) is 30.0 Å². The number of nitrogens with one attached hydrogen (secondary N) is 2.